The fraction of sp³-hybridized carbons (Fsp3) is 1.00. The van der Waals surface area contributed by atoms with Crippen LogP contribution < -0.4 is 5.32 Å². The van der Waals surface area contributed by atoms with Gasteiger partial charge in [-0.2, -0.15) is 0 Å². The maximum absolute atomic E-state index is 3.35. The molecule has 0 aromatic rings. The number of hydrogen-bond donors (Lipinski definition) is 1. The van der Waals surface area contributed by atoms with Crippen molar-refractivity contribution in [1.82, 2.24) is 5.32 Å². The molecule has 2 aliphatic rings. The summed E-state index contributed by atoms with van der Waals surface area (Å²) in [6, 6.07) is 0. The monoisotopic (exact) mass is 97.1 g/mol. The van der Waals surface area contributed by atoms with Crippen LogP contribution in [0.25, 0.3) is 0 Å². The van der Waals surface area contributed by atoms with E-state index in [1.54, 1.807) is 0 Å². The maximum atomic E-state index is 3.35. The Balaban J connectivity index is 2.06. The summed E-state index contributed by atoms with van der Waals surface area (Å²) >= 11 is 0. The van der Waals surface area contributed by atoms with Crippen LogP contribution in [0.3, 0.4) is 0 Å². The molecule has 1 aliphatic carbocycles. The highest BCUT2D eigenvalue weighted by Gasteiger charge is 2.49. The Labute approximate surface area is 44.1 Å². The van der Waals surface area contributed by atoms with E-state index in [0.717, 1.165) is 17.8 Å². The molecular formula is C6H11N. The number of nitrogens with one attached hydrogen (secondary N) is 1. The van der Waals surface area contributed by atoms with E-state index in [4.69, 9.17) is 0 Å². The van der Waals surface area contributed by atoms with E-state index < -0.39 is 0 Å². The van der Waals surface area contributed by atoms with E-state index in [0.29, 0.717) is 0 Å². The SMILES string of the molecule is C[C@H]1[C@H]2CNC[C@@H]12. The van der Waals surface area contributed by atoms with Crippen LogP contribution in [0.1, 0.15) is 6.92 Å². The van der Waals surface area contributed by atoms with Gasteiger partial charge < -0.3 is 5.32 Å². The summed E-state index contributed by atoms with van der Waals surface area (Å²) in [5, 5.41) is 3.35. The fourth-order valence-electron chi connectivity index (χ4n) is 1.73. The van der Waals surface area contributed by atoms with Gasteiger partial charge in [-0.3, -0.25) is 0 Å². The first-order valence-electron chi connectivity index (χ1n) is 3.10. The topological polar surface area (TPSA) is 12.0 Å². The van der Waals surface area contributed by atoms with Crippen LogP contribution in [-0.2, 0) is 0 Å². The molecule has 0 bridgehead atoms. The van der Waals surface area contributed by atoms with Gasteiger partial charge in [0, 0.05) is 0 Å². The largest absolute Gasteiger partial charge is 0.316 e. The molecule has 1 aliphatic heterocycles. The van der Waals surface area contributed by atoms with Crippen molar-refractivity contribution in [3.8, 4) is 0 Å². The first-order chi connectivity index (χ1) is 3.39. The van der Waals surface area contributed by atoms with E-state index in [-0.39, 0.29) is 0 Å². The predicted molar refractivity (Wildman–Crippen MR) is 29.0 cm³/mol. The molecule has 3 atom stereocenters. The summed E-state index contributed by atoms with van der Waals surface area (Å²) in [7, 11) is 0. The number of fused-ring (bicyclic) bond motifs is 1. The highest BCUT2D eigenvalue weighted by Crippen LogP contribution is 2.47. The molecule has 0 aromatic carbocycles. The summed E-state index contributed by atoms with van der Waals surface area (Å²) in [6.07, 6.45) is 0. The van der Waals surface area contributed by atoms with Crippen LogP contribution in [-0.4, -0.2) is 13.1 Å². The molecule has 7 heavy (non-hydrogen) atoms. The Kier molecular flexibility index (Phi) is 0.571. The minimum atomic E-state index is 1.06. The summed E-state index contributed by atoms with van der Waals surface area (Å²) < 4.78 is 0. The van der Waals surface area contributed by atoms with Gasteiger partial charge in [0.2, 0.25) is 0 Å². The summed E-state index contributed by atoms with van der Waals surface area (Å²) in [5.74, 6) is 3.20. The Morgan fingerprint density at radius 1 is 1.29 bits per heavy atom. The van der Waals surface area contributed by atoms with Crippen LogP contribution in [0.5, 0.6) is 0 Å². The van der Waals surface area contributed by atoms with Gasteiger partial charge in [-0.1, -0.05) is 6.92 Å². The van der Waals surface area contributed by atoms with E-state index in [2.05, 4.69) is 12.2 Å². The molecule has 1 saturated heterocycles. The van der Waals surface area contributed by atoms with Crippen molar-refractivity contribution in [3.63, 3.8) is 0 Å². The molecule has 1 nitrogen and oxygen atoms in total. The Hall–Kier alpha value is -0.0400. The molecule has 2 fully saturated rings. The van der Waals surface area contributed by atoms with Gasteiger partial charge in [0.05, 0.1) is 0 Å². The van der Waals surface area contributed by atoms with Crippen LogP contribution in [0.15, 0.2) is 0 Å². The molecular weight excluding hydrogens is 86.1 g/mol. The molecule has 1 N–H and O–H groups in total. The lowest BCUT2D eigenvalue weighted by Crippen LogP contribution is -2.13. The van der Waals surface area contributed by atoms with Crippen molar-refractivity contribution in [1.29, 1.82) is 0 Å². The molecule has 0 aromatic heterocycles. The number of rotatable bonds is 0. The average molecular weight is 97.2 g/mol. The van der Waals surface area contributed by atoms with Crippen molar-refractivity contribution in [2.45, 2.75) is 6.92 Å². The Bertz CT molecular complexity index is 80.2. The molecule has 0 unspecified atom stereocenters. The lowest BCUT2D eigenvalue weighted by Gasteiger charge is -1.93. The third-order valence-electron chi connectivity index (χ3n) is 2.52. The highest BCUT2D eigenvalue weighted by molar-refractivity contribution is 5.01. The first kappa shape index (κ1) is 3.90. The minimum absolute atomic E-state index is 1.06. The van der Waals surface area contributed by atoms with Crippen LogP contribution in [0, 0.1) is 17.8 Å². The smallest absolute Gasteiger partial charge is 0.00145 e. The normalized spacial score (nSPS) is 57.0. The molecule has 1 heterocycles. The van der Waals surface area contributed by atoms with E-state index >= 15 is 0 Å². The third-order valence-corrected chi connectivity index (χ3v) is 2.52. The lowest BCUT2D eigenvalue weighted by atomic mass is 10.3. The van der Waals surface area contributed by atoms with Crippen molar-refractivity contribution < 1.29 is 0 Å². The van der Waals surface area contributed by atoms with Crippen LogP contribution >= 0.6 is 0 Å². The van der Waals surface area contributed by atoms with E-state index in [1.807, 2.05) is 0 Å². The molecule has 1 saturated carbocycles. The van der Waals surface area contributed by atoms with Gasteiger partial charge in [0.25, 0.3) is 0 Å². The van der Waals surface area contributed by atoms with Gasteiger partial charge in [0.15, 0.2) is 0 Å². The molecule has 0 amide bonds. The zero-order valence-corrected chi connectivity index (χ0v) is 4.65. The average Bonchev–Trinajstić information content (AvgIpc) is 2.26. The maximum Gasteiger partial charge on any atom is -0.00145 e. The van der Waals surface area contributed by atoms with Crippen molar-refractivity contribution in [2.75, 3.05) is 13.1 Å². The summed E-state index contributed by atoms with van der Waals surface area (Å²) in [6.45, 7) is 4.95. The third kappa shape index (κ3) is 0.367. The Morgan fingerprint density at radius 2 is 1.86 bits per heavy atom. The zero-order valence-electron chi connectivity index (χ0n) is 4.65. The van der Waals surface area contributed by atoms with Gasteiger partial charge in [-0.25, -0.2) is 0 Å². The molecule has 40 valence electrons. The second kappa shape index (κ2) is 1.03. The molecule has 2 rings (SSSR count). The molecule has 0 spiro atoms. The van der Waals surface area contributed by atoms with Crippen molar-refractivity contribution in [2.24, 2.45) is 17.8 Å². The summed E-state index contributed by atoms with van der Waals surface area (Å²) in [5.41, 5.74) is 0. The fourth-order valence-corrected chi connectivity index (χ4v) is 1.73. The quantitative estimate of drug-likeness (QED) is 0.463. The van der Waals surface area contributed by atoms with Gasteiger partial charge >= 0.3 is 0 Å². The highest BCUT2D eigenvalue weighted by atomic mass is 15.0. The Morgan fingerprint density at radius 3 is 2.14 bits per heavy atom. The second-order valence-corrected chi connectivity index (χ2v) is 2.85. The minimum Gasteiger partial charge on any atom is -0.316 e. The van der Waals surface area contributed by atoms with E-state index in [9.17, 15) is 0 Å². The first-order valence-corrected chi connectivity index (χ1v) is 3.10. The number of hydrogen-bond acceptors (Lipinski definition) is 1. The molecule has 0 radical (unpaired) electrons. The van der Waals surface area contributed by atoms with Gasteiger partial charge in [-0.15, -0.1) is 0 Å². The zero-order chi connectivity index (χ0) is 4.85. The molecule has 1 heteroatoms. The van der Waals surface area contributed by atoms with E-state index in [1.165, 1.54) is 13.1 Å². The second-order valence-electron chi connectivity index (χ2n) is 2.85. The van der Waals surface area contributed by atoms with Gasteiger partial charge in [0.1, 0.15) is 0 Å². The lowest BCUT2D eigenvalue weighted by molar-refractivity contribution is 0.634. The van der Waals surface area contributed by atoms with Crippen LogP contribution in [0.4, 0.5) is 0 Å². The standard InChI is InChI=1S/C6H11N/c1-4-5-2-7-3-6(4)5/h4-7H,2-3H2,1H3/t4-,5+,6-. The number of piperidine rings is 1. The van der Waals surface area contributed by atoms with Gasteiger partial charge in [-0.05, 0) is 30.8 Å². The van der Waals surface area contributed by atoms with Crippen molar-refractivity contribution in [3.05, 3.63) is 0 Å². The van der Waals surface area contributed by atoms with Crippen molar-refractivity contribution >= 4 is 0 Å². The summed E-state index contributed by atoms with van der Waals surface area (Å²) in [4.78, 5) is 0. The van der Waals surface area contributed by atoms with Crippen LogP contribution in [0.2, 0.25) is 0 Å². The predicted octanol–water partition coefficient (Wildman–Crippen LogP) is 0.472.